The maximum Gasteiger partial charge on any atom is 0.220 e. The molecule has 0 radical (unpaired) electrons. The van der Waals surface area contributed by atoms with Crippen molar-refractivity contribution in [3.63, 3.8) is 0 Å². The number of nitrogens with one attached hydrogen (secondary N) is 1. The molecule has 3 rings (SSSR count). The fraction of sp³-hybridized carbons (Fsp3) is 0.929. The van der Waals surface area contributed by atoms with Crippen LogP contribution in [0.2, 0.25) is 0 Å². The summed E-state index contributed by atoms with van der Waals surface area (Å²) in [5, 5.41) is 119. The summed E-state index contributed by atoms with van der Waals surface area (Å²) in [4.78, 5) is 13.0. The second-order valence-electron chi connectivity index (χ2n) is 16.5. The van der Waals surface area contributed by atoms with Crippen molar-refractivity contribution >= 4 is 5.91 Å². The zero-order valence-corrected chi connectivity index (χ0v) is 35.9. The molecule has 0 spiro atoms. The predicted octanol–water partition coefficient (Wildman–Crippen LogP) is -0.865. The van der Waals surface area contributed by atoms with Gasteiger partial charge >= 0.3 is 0 Å². The van der Waals surface area contributed by atoms with Crippen LogP contribution in [-0.4, -0.2) is 193 Å². The van der Waals surface area contributed by atoms with Crippen LogP contribution in [0, 0.1) is 0 Å². The number of unbranched alkanes of at least 4 members (excludes halogenated alkanes) is 11. The number of carbonyl (C=O) groups is 1. The highest BCUT2D eigenvalue weighted by Crippen LogP contribution is 2.33. The summed E-state index contributed by atoms with van der Waals surface area (Å²) in [6.45, 7) is 1.57. The molecule has 17 unspecified atom stereocenters. The molecule has 0 aromatic carbocycles. The van der Waals surface area contributed by atoms with Crippen LogP contribution < -0.4 is 5.32 Å². The van der Waals surface area contributed by atoms with Gasteiger partial charge < -0.3 is 89.9 Å². The Labute approximate surface area is 359 Å². The zero-order chi connectivity index (χ0) is 44.9. The van der Waals surface area contributed by atoms with Gasteiger partial charge in [0.15, 0.2) is 18.9 Å². The van der Waals surface area contributed by atoms with Gasteiger partial charge in [-0.25, -0.2) is 0 Å². The van der Waals surface area contributed by atoms with Crippen LogP contribution in [0.25, 0.3) is 0 Å². The molecule has 0 aromatic rings. The Morgan fingerprint density at radius 3 is 1.64 bits per heavy atom. The lowest BCUT2D eigenvalue weighted by molar-refractivity contribution is -0.379. The van der Waals surface area contributed by atoms with E-state index >= 15 is 0 Å². The van der Waals surface area contributed by atoms with Crippen molar-refractivity contribution in [2.45, 2.75) is 221 Å². The number of rotatable bonds is 29. The Kier molecular flexibility index (Phi) is 25.7. The van der Waals surface area contributed by atoms with E-state index in [2.05, 4.69) is 31.3 Å². The molecule has 12 N–H and O–H groups in total. The quantitative estimate of drug-likeness (QED) is 0.0321. The lowest BCUT2D eigenvalue weighted by Crippen LogP contribution is -2.66. The topological polar surface area (TPSA) is 307 Å². The van der Waals surface area contributed by atoms with Crippen molar-refractivity contribution in [1.82, 2.24) is 5.32 Å². The number of allylic oxidation sites excluding steroid dienone is 2. The van der Waals surface area contributed by atoms with Crippen LogP contribution >= 0.6 is 0 Å². The van der Waals surface area contributed by atoms with Crippen LogP contribution in [0.4, 0.5) is 0 Å². The van der Waals surface area contributed by atoms with Gasteiger partial charge in [-0.1, -0.05) is 90.2 Å². The first kappa shape index (κ1) is 53.9. The molecule has 17 atom stereocenters. The molecule has 19 nitrogen and oxygen atoms in total. The van der Waals surface area contributed by atoms with Crippen molar-refractivity contribution in [2.75, 3.05) is 26.4 Å². The van der Waals surface area contributed by atoms with Gasteiger partial charge in [-0.05, 0) is 32.1 Å². The van der Waals surface area contributed by atoms with E-state index in [1.54, 1.807) is 0 Å². The Balaban J connectivity index is 1.58. The lowest BCUT2D eigenvalue weighted by atomic mass is 9.96. The summed E-state index contributed by atoms with van der Waals surface area (Å²) < 4.78 is 33.9. The van der Waals surface area contributed by atoms with Crippen molar-refractivity contribution in [1.29, 1.82) is 0 Å². The molecule has 19 heteroatoms. The molecule has 358 valence electrons. The number of ether oxygens (including phenoxy) is 6. The summed E-state index contributed by atoms with van der Waals surface area (Å²) in [5.74, 6) is -0.264. The molecular formula is C42H77NO18. The fourth-order valence-electron chi connectivity index (χ4n) is 7.70. The third-order valence-corrected chi connectivity index (χ3v) is 11.6. The standard InChI is InChI=1S/C42H77NO18/c1-3-5-7-9-10-11-12-13-14-16-18-20-30(48)43-25(26(47)19-17-15-8-6-4-2)24-56-40-36(54)33(51)38(28(22-45)58-40)61-42-37(55)34(52)39(29(23-46)59-42)60-41-35(53)32(50)31(49)27(21-44)57-41/h9-10,25-29,31-42,44-47,49-55H,3-8,11-24H2,1-2H3,(H,43,48)/b10-9-. The molecule has 3 aliphatic heterocycles. The van der Waals surface area contributed by atoms with E-state index in [0.717, 1.165) is 70.6 Å². The average Bonchev–Trinajstić information content (AvgIpc) is 3.25. The van der Waals surface area contributed by atoms with Crippen LogP contribution in [0.3, 0.4) is 0 Å². The molecule has 0 bridgehead atoms. The Morgan fingerprint density at radius 1 is 0.574 bits per heavy atom. The lowest BCUT2D eigenvalue weighted by Gasteiger charge is -2.48. The maximum atomic E-state index is 13.0. The molecule has 3 heterocycles. The Bertz CT molecular complexity index is 1200. The third-order valence-electron chi connectivity index (χ3n) is 11.6. The molecule has 0 saturated carbocycles. The third kappa shape index (κ3) is 16.8. The van der Waals surface area contributed by atoms with Crippen LogP contribution in [0.15, 0.2) is 12.2 Å². The van der Waals surface area contributed by atoms with E-state index < -0.39 is 124 Å². The van der Waals surface area contributed by atoms with Gasteiger partial charge in [0, 0.05) is 6.42 Å². The van der Waals surface area contributed by atoms with Crippen molar-refractivity contribution < 1.29 is 89.4 Å². The highest BCUT2D eigenvalue weighted by Gasteiger charge is 2.53. The summed E-state index contributed by atoms with van der Waals surface area (Å²) >= 11 is 0. The summed E-state index contributed by atoms with van der Waals surface area (Å²) in [5.41, 5.74) is 0. The van der Waals surface area contributed by atoms with Crippen LogP contribution in [0.5, 0.6) is 0 Å². The van der Waals surface area contributed by atoms with Gasteiger partial charge in [-0.2, -0.15) is 0 Å². The van der Waals surface area contributed by atoms with Crippen molar-refractivity contribution in [3.05, 3.63) is 12.2 Å². The van der Waals surface area contributed by atoms with Gasteiger partial charge in [0.1, 0.15) is 73.2 Å². The minimum Gasteiger partial charge on any atom is -0.394 e. The number of amides is 1. The van der Waals surface area contributed by atoms with E-state index in [-0.39, 0.29) is 18.9 Å². The number of aliphatic hydroxyl groups excluding tert-OH is 11. The van der Waals surface area contributed by atoms with E-state index in [1.807, 2.05) is 0 Å². The summed E-state index contributed by atoms with van der Waals surface area (Å²) in [6, 6.07) is -0.881. The largest absolute Gasteiger partial charge is 0.394 e. The second kappa shape index (κ2) is 29.1. The molecule has 3 aliphatic rings. The number of hydrogen-bond acceptors (Lipinski definition) is 18. The fourth-order valence-corrected chi connectivity index (χ4v) is 7.70. The van der Waals surface area contributed by atoms with Gasteiger partial charge in [0.25, 0.3) is 0 Å². The number of aliphatic hydroxyl groups is 11. The summed E-state index contributed by atoms with van der Waals surface area (Å²) in [7, 11) is 0. The van der Waals surface area contributed by atoms with Crippen LogP contribution in [-0.2, 0) is 33.2 Å². The molecule has 0 aromatic heterocycles. The van der Waals surface area contributed by atoms with E-state index in [1.165, 1.54) is 12.8 Å². The van der Waals surface area contributed by atoms with Gasteiger partial charge in [0.05, 0.1) is 38.6 Å². The monoisotopic (exact) mass is 884 g/mol. The molecule has 3 fully saturated rings. The Hall–Kier alpha value is -1.47. The zero-order valence-electron chi connectivity index (χ0n) is 35.9. The molecule has 61 heavy (non-hydrogen) atoms. The van der Waals surface area contributed by atoms with E-state index in [4.69, 9.17) is 28.4 Å². The highest BCUT2D eigenvalue weighted by molar-refractivity contribution is 5.76. The SMILES string of the molecule is CCCC/C=C\CCCCCCCC(=O)NC(COC1OC(CO)C(OC2OC(CO)C(OC3OC(CO)C(O)C(O)C3O)C(O)C2O)C(O)C1O)C(O)CCCCCCC. The van der Waals surface area contributed by atoms with Crippen LogP contribution in [0.1, 0.15) is 117 Å². The summed E-state index contributed by atoms with van der Waals surface area (Å²) in [6.07, 6.45) is -7.30. The molecule has 1 amide bonds. The van der Waals surface area contributed by atoms with E-state index in [9.17, 15) is 61.0 Å². The number of hydrogen-bond donors (Lipinski definition) is 12. The Morgan fingerprint density at radius 2 is 1.05 bits per heavy atom. The average molecular weight is 884 g/mol. The van der Waals surface area contributed by atoms with Gasteiger partial charge in [0.2, 0.25) is 5.91 Å². The van der Waals surface area contributed by atoms with Gasteiger partial charge in [-0.3, -0.25) is 4.79 Å². The normalized spacial score (nSPS) is 35.7. The first-order chi connectivity index (χ1) is 29.3. The second-order valence-corrected chi connectivity index (χ2v) is 16.5. The smallest absolute Gasteiger partial charge is 0.220 e. The maximum absolute atomic E-state index is 13.0. The van der Waals surface area contributed by atoms with Crippen molar-refractivity contribution in [2.24, 2.45) is 0 Å². The molecule has 0 aliphatic carbocycles. The molecular weight excluding hydrogens is 806 g/mol. The first-order valence-electron chi connectivity index (χ1n) is 22.4. The van der Waals surface area contributed by atoms with Gasteiger partial charge in [-0.15, -0.1) is 0 Å². The van der Waals surface area contributed by atoms with E-state index in [0.29, 0.717) is 12.8 Å². The number of carbonyl (C=O) groups excluding carboxylic acids is 1. The first-order valence-corrected chi connectivity index (χ1v) is 22.4. The minimum atomic E-state index is -1.97. The minimum absolute atomic E-state index is 0.255. The predicted molar refractivity (Wildman–Crippen MR) is 217 cm³/mol. The van der Waals surface area contributed by atoms with Crippen molar-refractivity contribution in [3.8, 4) is 0 Å². The molecule has 3 saturated heterocycles. The highest BCUT2D eigenvalue weighted by atomic mass is 16.8.